The summed E-state index contributed by atoms with van der Waals surface area (Å²) in [5, 5.41) is 3.02. The molecule has 5 rings (SSSR count). The van der Waals surface area contributed by atoms with Crippen LogP contribution >= 0.6 is 0 Å². The van der Waals surface area contributed by atoms with Gasteiger partial charge in [-0.05, 0) is 74.8 Å². The quantitative estimate of drug-likeness (QED) is 0.241. The van der Waals surface area contributed by atoms with Gasteiger partial charge in [-0.3, -0.25) is 0 Å². The molecule has 2 aliphatic rings. The number of alkyl carbamates (subject to hydrolysis) is 1. The molecule has 4 atom stereocenters. The van der Waals surface area contributed by atoms with Crippen LogP contribution in [0.2, 0.25) is 0 Å². The van der Waals surface area contributed by atoms with E-state index in [1.807, 2.05) is 70.2 Å². The number of hydrogen-bond donors (Lipinski definition) is 1. The molecule has 2 unspecified atom stereocenters. The van der Waals surface area contributed by atoms with Gasteiger partial charge in [0.1, 0.15) is 6.61 Å². The summed E-state index contributed by atoms with van der Waals surface area (Å²) >= 11 is 0. The third-order valence-corrected chi connectivity index (χ3v) is 7.94. The number of hydrogen-bond acceptors (Lipinski definition) is 6. The number of benzene rings is 3. The summed E-state index contributed by atoms with van der Waals surface area (Å²) in [6.07, 6.45) is 1.52. The minimum absolute atomic E-state index is 0.00668. The number of rotatable bonds is 12. The highest BCUT2D eigenvalue weighted by Gasteiger charge is 2.31. The van der Waals surface area contributed by atoms with Crippen LogP contribution in [0.3, 0.4) is 0 Å². The topological polar surface area (TPSA) is 75.3 Å². The van der Waals surface area contributed by atoms with Gasteiger partial charge in [0, 0.05) is 5.92 Å². The molecule has 7 nitrogen and oxygen atoms in total. The van der Waals surface area contributed by atoms with E-state index in [4.69, 9.17) is 23.7 Å². The van der Waals surface area contributed by atoms with Crippen LogP contribution in [0.5, 0.6) is 0 Å². The van der Waals surface area contributed by atoms with E-state index in [0.29, 0.717) is 13.2 Å². The van der Waals surface area contributed by atoms with Crippen molar-refractivity contribution in [3.05, 3.63) is 95.6 Å². The summed E-state index contributed by atoms with van der Waals surface area (Å²) in [5.74, 6) is -0.00668. The molecule has 0 bridgehead atoms. The van der Waals surface area contributed by atoms with Crippen LogP contribution in [0.15, 0.2) is 78.9 Å². The lowest BCUT2D eigenvalue weighted by atomic mass is 9.98. The van der Waals surface area contributed by atoms with Gasteiger partial charge in [-0.1, -0.05) is 78.9 Å². The Bertz CT molecular complexity index is 1280. The van der Waals surface area contributed by atoms with Gasteiger partial charge in [-0.25, -0.2) is 4.79 Å². The molecule has 0 radical (unpaired) electrons. The summed E-state index contributed by atoms with van der Waals surface area (Å²) < 4.78 is 30.4. The second-order valence-electron chi connectivity index (χ2n) is 12.5. The molecule has 1 saturated heterocycles. The number of ether oxygens (including phenoxy) is 5. The zero-order chi connectivity index (χ0) is 30.2. The third-order valence-electron chi connectivity index (χ3n) is 7.94. The van der Waals surface area contributed by atoms with Gasteiger partial charge in [-0.2, -0.15) is 0 Å². The molecule has 0 spiro atoms. The van der Waals surface area contributed by atoms with Crippen LogP contribution < -0.4 is 5.32 Å². The SMILES string of the molecule is C[C@@H](OC(C)(C)C)[C@@H](COC1CCCC(COCc2ccccc2)O1)NC(=O)OCC1c2ccccc2-c2ccccc21. The second-order valence-corrected chi connectivity index (χ2v) is 12.5. The molecule has 1 amide bonds. The number of carbonyl (C=O) groups is 1. The minimum atomic E-state index is -0.489. The number of fused-ring (bicyclic) bond motifs is 3. The lowest BCUT2D eigenvalue weighted by Gasteiger charge is -2.34. The van der Waals surface area contributed by atoms with Crippen LogP contribution in [0.1, 0.15) is 69.6 Å². The van der Waals surface area contributed by atoms with E-state index in [-0.39, 0.29) is 43.2 Å². The predicted molar refractivity (Wildman–Crippen MR) is 167 cm³/mol. The number of carbonyl (C=O) groups excluding carboxylic acids is 1. The van der Waals surface area contributed by atoms with Gasteiger partial charge >= 0.3 is 6.09 Å². The Kier molecular flexibility index (Phi) is 10.5. The minimum Gasteiger partial charge on any atom is -0.449 e. The molecule has 1 N–H and O–H groups in total. The smallest absolute Gasteiger partial charge is 0.407 e. The summed E-state index contributed by atoms with van der Waals surface area (Å²) in [4.78, 5) is 13.2. The molecule has 230 valence electrons. The van der Waals surface area contributed by atoms with Crippen molar-refractivity contribution in [2.24, 2.45) is 0 Å². The van der Waals surface area contributed by atoms with Crippen LogP contribution in [0.25, 0.3) is 11.1 Å². The maximum Gasteiger partial charge on any atom is 0.407 e. The van der Waals surface area contributed by atoms with Crippen LogP contribution in [-0.4, -0.2) is 56.1 Å². The average molecular weight is 588 g/mol. The van der Waals surface area contributed by atoms with Crippen molar-refractivity contribution in [1.82, 2.24) is 5.32 Å². The zero-order valence-electron chi connectivity index (χ0n) is 25.8. The molecule has 0 aromatic heterocycles. The Morgan fingerprint density at radius 2 is 1.56 bits per heavy atom. The van der Waals surface area contributed by atoms with Crippen molar-refractivity contribution in [1.29, 1.82) is 0 Å². The van der Waals surface area contributed by atoms with Gasteiger partial charge in [-0.15, -0.1) is 0 Å². The van der Waals surface area contributed by atoms with Crippen LogP contribution in [0.4, 0.5) is 4.79 Å². The van der Waals surface area contributed by atoms with Crippen LogP contribution in [-0.2, 0) is 30.3 Å². The molecule has 1 aliphatic carbocycles. The van der Waals surface area contributed by atoms with E-state index in [2.05, 4.69) is 41.7 Å². The molecule has 3 aromatic rings. The maximum atomic E-state index is 13.2. The molecule has 1 fully saturated rings. The standard InChI is InChI=1S/C36H45NO6/c1-25(43-36(2,3)4)33(24-40-34-20-12-15-27(42-34)22-39-21-26-13-6-5-7-14-26)37-35(38)41-23-32-30-18-10-8-16-28(30)29-17-9-11-19-31(29)32/h5-11,13-14,16-19,25,27,32-34H,12,15,20-24H2,1-4H3,(H,37,38)/t25-,27?,33-,34?/m1/s1. The Morgan fingerprint density at radius 3 is 2.23 bits per heavy atom. The maximum absolute atomic E-state index is 13.2. The van der Waals surface area contributed by atoms with E-state index >= 15 is 0 Å². The van der Waals surface area contributed by atoms with E-state index in [9.17, 15) is 4.79 Å². The van der Waals surface area contributed by atoms with Gasteiger partial charge in [0.25, 0.3) is 0 Å². The summed E-state index contributed by atoms with van der Waals surface area (Å²) in [6.45, 7) is 9.50. The van der Waals surface area contributed by atoms with Crippen molar-refractivity contribution in [2.75, 3.05) is 19.8 Å². The van der Waals surface area contributed by atoms with Gasteiger partial charge in [0.05, 0.1) is 43.7 Å². The molecule has 3 aromatic carbocycles. The fourth-order valence-corrected chi connectivity index (χ4v) is 5.93. The van der Waals surface area contributed by atoms with Crippen LogP contribution in [0, 0.1) is 0 Å². The number of amides is 1. The monoisotopic (exact) mass is 587 g/mol. The lowest BCUT2D eigenvalue weighted by Crippen LogP contribution is -2.49. The lowest BCUT2D eigenvalue weighted by molar-refractivity contribution is -0.211. The highest BCUT2D eigenvalue weighted by atomic mass is 16.7. The summed E-state index contributed by atoms with van der Waals surface area (Å²) in [5.41, 5.74) is 5.50. The average Bonchev–Trinajstić information content (AvgIpc) is 3.31. The summed E-state index contributed by atoms with van der Waals surface area (Å²) in [6, 6.07) is 26.3. The molecule has 7 heteroatoms. The van der Waals surface area contributed by atoms with Crippen molar-refractivity contribution < 1.29 is 28.5 Å². The van der Waals surface area contributed by atoms with E-state index in [0.717, 1.165) is 24.8 Å². The predicted octanol–water partition coefficient (Wildman–Crippen LogP) is 7.23. The van der Waals surface area contributed by atoms with Crippen molar-refractivity contribution in [3.8, 4) is 11.1 Å². The third kappa shape index (κ3) is 8.67. The Balaban J connectivity index is 1.15. The largest absolute Gasteiger partial charge is 0.449 e. The highest BCUT2D eigenvalue weighted by Crippen LogP contribution is 2.44. The van der Waals surface area contributed by atoms with Gasteiger partial charge in [0.2, 0.25) is 0 Å². The van der Waals surface area contributed by atoms with Gasteiger partial charge < -0.3 is 29.0 Å². The van der Waals surface area contributed by atoms with Crippen molar-refractivity contribution in [2.45, 2.75) is 89.6 Å². The molecular formula is C36H45NO6. The first kappa shape index (κ1) is 31.2. The molecule has 43 heavy (non-hydrogen) atoms. The molecule has 1 aliphatic heterocycles. The molecule has 0 saturated carbocycles. The first-order valence-electron chi connectivity index (χ1n) is 15.4. The zero-order valence-corrected chi connectivity index (χ0v) is 25.8. The fraction of sp³-hybridized carbons (Fsp3) is 0.472. The highest BCUT2D eigenvalue weighted by molar-refractivity contribution is 5.79. The Morgan fingerprint density at radius 1 is 0.907 bits per heavy atom. The van der Waals surface area contributed by atoms with E-state index < -0.39 is 12.1 Å². The Hall–Kier alpha value is -3.23. The normalized spacial score (nSPS) is 19.7. The van der Waals surface area contributed by atoms with Crippen molar-refractivity contribution in [3.63, 3.8) is 0 Å². The molecule has 1 heterocycles. The summed E-state index contributed by atoms with van der Waals surface area (Å²) in [7, 11) is 0. The fourth-order valence-electron chi connectivity index (χ4n) is 5.93. The number of nitrogens with one attached hydrogen (secondary N) is 1. The van der Waals surface area contributed by atoms with Crippen molar-refractivity contribution >= 4 is 6.09 Å². The van der Waals surface area contributed by atoms with E-state index in [1.54, 1.807) is 0 Å². The first-order chi connectivity index (χ1) is 20.8. The second kappa shape index (κ2) is 14.5. The molecular weight excluding hydrogens is 542 g/mol. The van der Waals surface area contributed by atoms with E-state index in [1.165, 1.54) is 22.3 Å². The first-order valence-corrected chi connectivity index (χ1v) is 15.4. The Labute approximate surface area is 255 Å². The van der Waals surface area contributed by atoms with Gasteiger partial charge in [0.15, 0.2) is 6.29 Å².